The molecule has 3 nitrogen and oxygen atoms in total. The Morgan fingerprint density at radius 1 is 1.62 bits per heavy atom. The van der Waals surface area contributed by atoms with Crippen molar-refractivity contribution in [1.29, 1.82) is 0 Å². The molecule has 0 aliphatic rings. The van der Waals surface area contributed by atoms with Crippen LogP contribution in [0.5, 0.6) is 0 Å². The van der Waals surface area contributed by atoms with E-state index in [-0.39, 0.29) is 11.7 Å². The summed E-state index contributed by atoms with van der Waals surface area (Å²) < 4.78 is 5.73. The number of hydrogen-bond acceptors (Lipinski definition) is 3. The lowest BCUT2D eigenvalue weighted by Gasteiger charge is -2.09. The number of hydrogen-bond donors (Lipinski definition) is 1. The number of carboxylic acids is 1. The Balaban J connectivity index is 2.75. The number of rotatable bonds is 5. The molecule has 1 rings (SSSR count). The first kappa shape index (κ1) is 13.5. The molecule has 1 unspecified atom stereocenters. The van der Waals surface area contributed by atoms with Crippen LogP contribution in [0.25, 0.3) is 0 Å². The van der Waals surface area contributed by atoms with Crippen molar-refractivity contribution in [2.45, 2.75) is 17.9 Å². The van der Waals surface area contributed by atoms with Gasteiger partial charge >= 0.3 is 5.97 Å². The van der Waals surface area contributed by atoms with Gasteiger partial charge in [-0.2, -0.15) is 0 Å². The van der Waals surface area contributed by atoms with Crippen LogP contribution in [-0.4, -0.2) is 30.0 Å². The molecule has 0 spiro atoms. The molecule has 0 fully saturated rings. The normalized spacial score (nSPS) is 12.4. The van der Waals surface area contributed by atoms with Crippen molar-refractivity contribution in [3.05, 3.63) is 28.2 Å². The van der Waals surface area contributed by atoms with Gasteiger partial charge in [-0.05, 0) is 41.1 Å². The van der Waals surface area contributed by atoms with Gasteiger partial charge in [0.15, 0.2) is 0 Å². The van der Waals surface area contributed by atoms with Gasteiger partial charge in [-0.1, -0.05) is 0 Å². The zero-order chi connectivity index (χ0) is 12.1. The Hall–Kier alpha value is -0.520. The largest absolute Gasteiger partial charge is 0.478 e. The maximum absolute atomic E-state index is 10.9. The Bertz CT molecular complexity index is 381. The SMILES string of the molecule is COC(C)CSc1ccc(Br)c(C(=O)O)c1. The van der Waals surface area contributed by atoms with E-state index in [4.69, 9.17) is 9.84 Å². The standard InChI is InChI=1S/C11H13BrO3S/c1-7(15-2)6-16-8-3-4-10(12)9(5-8)11(13)14/h3-5,7H,6H2,1-2H3,(H,13,14). The lowest BCUT2D eigenvalue weighted by atomic mass is 10.2. The molecule has 0 saturated heterocycles. The summed E-state index contributed by atoms with van der Waals surface area (Å²) in [5.41, 5.74) is 0.287. The Labute approximate surface area is 107 Å². The maximum atomic E-state index is 10.9. The first-order valence-electron chi connectivity index (χ1n) is 4.73. The highest BCUT2D eigenvalue weighted by atomic mass is 79.9. The highest BCUT2D eigenvalue weighted by molar-refractivity contribution is 9.10. The van der Waals surface area contributed by atoms with Gasteiger partial charge in [-0.25, -0.2) is 4.79 Å². The van der Waals surface area contributed by atoms with E-state index in [2.05, 4.69) is 15.9 Å². The molecule has 5 heteroatoms. The number of benzene rings is 1. The van der Waals surface area contributed by atoms with Crippen LogP contribution in [0.3, 0.4) is 0 Å². The number of halogens is 1. The molecule has 0 saturated carbocycles. The van der Waals surface area contributed by atoms with Crippen molar-refractivity contribution >= 4 is 33.7 Å². The molecule has 1 atom stereocenters. The Kier molecular flexibility index (Phi) is 5.31. The topological polar surface area (TPSA) is 46.5 Å². The summed E-state index contributed by atoms with van der Waals surface area (Å²) in [5, 5.41) is 8.95. The lowest BCUT2D eigenvalue weighted by Crippen LogP contribution is -2.07. The minimum absolute atomic E-state index is 0.155. The molecule has 0 heterocycles. The zero-order valence-corrected chi connectivity index (χ0v) is 11.5. The van der Waals surface area contributed by atoms with Crippen molar-refractivity contribution in [2.24, 2.45) is 0 Å². The molecule has 88 valence electrons. The van der Waals surface area contributed by atoms with Crippen molar-refractivity contribution in [3.63, 3.8) is 0 Å². The first-order valence-corrected chi connectivity index (χ1v) is 6.51. The van der Waals surface area contributed by atoms with Gasteiger partial charge in [-0.15, -0.1) is 11.8 Å². The Morgan fingerprint density at radius 2 is 2.31 bits per heavy atom. The summed E-state index contributed by atoms with van der Waals surface area (Å²) in [6, 6.07) is 5.31. The number of ether oxygens (including phenoxy) is 1. The fourth-order valence-electron chi connectivity index (χ4n) is 1.04. The lowest BCUT2D eigenvalue weighted by molar-refractivity contribution is 0.0695. The molecule has 1 aromatic carbocycles. The fourth-order valence-corrected chi connectivity index (χ4v) is 2.38. The van der Waals surface area contributed by atoms with Gasteiger partial charge in [0.1, 0.15) is 0 Å². The third-order valence-corrected chi connectivity index (χ3v) is 3.97. The number of carboxylic acid groups (broad SMARTS) is 1. The van der Waals surface area contributed by atoms with E-state index >= 15 is 0 Å². The third-order valence-electron chi connectivity index (χ3n) is 2.06. The van der Waals surface area contributed by atoms with Gasteiger partial charge in [0, 0.05) is 22.2 Å². The van der Waals surface area contributed by atoms with Gasteiger partial charge < -0.3 is 9.84 Å². The summed E-state index contributed by atoms with van der Waals surface area (Å²) in [6.45, 7) is 1.98. The fraction of sp³-hybridized carbons (Fsp3) is 0.364. The molecule has 1 aromatic rings. The summed E-state index contributed by atoms with van der Waals surface area (Å²) in [4.78, 5) is 11.8. The molecular weight excluding hydrogens is 292 g/mol. The van der Waals surface area contributed by atoms with Crippen LogP contribution < -0.4 is 0 Å². The van der Waals surface area contributed by atoms with Gasteiger partial charge in [0.2, 0.25) is 0 Å². The van der Waals surface area contributed by atoms with E-state index in [1.807, 2.05) is 13.0 Å². The van der Waals surface area contributed by atoms with Crippen molar-refractivity contribution in [1.82, 2.24) is 0 Å². The maximum Gasteiger partial charge on any atom is 0.336 e. The van der Waals surface area contributed by atoms with Crippen LogP contribution in [0, 0.1) is 0 Å². The molecule has 0 aliphatic heterocycles. The van der Waals surface area contributed by atoms with Crippen molar-refractivity contribution in [2.75, 3.05) is 12.9 Å². The quantitative estimate of drug-likeness (QED) is 0.848. The number of methoxy groups -OCH3 is 1. The van der Waals surface area contributed by atoms with Gasteiger partial charge in [0.25, 0.3) is 0 Å². The molecule has 0 amide bonds. The van der Waals surface area contributed by atoms with E-state index in [1.165, 1.54) is 0 Å². The number of thioether (sulfide) groups is 1. The molecular formula is C11H13BrO3S. The van der Waals surface area contributed by atoms with Crippen LogP contribution in [0.2, 0.25) is 0 Å². The first-order chi connectivity index (χ1) is 7.54. The summed E-state index contributed by atoms with van der Waals surface area (Å²) in [6.07, 6.45) is 0.155. The van der Waals surface area contributed by atoms with Crippen molar-refractivity contribution < 1.29 is 14.6 Å². The average Bonchev–Trinajstić information content (AvgIpc) is 2.27. The second-order valence-electron chi connectivity index (χ2n) is 3.30. The van der Waals surface area contributed by atoms with E-state index in [0.717, 1.165) is 10.6 Å². The highest BCUT2D eigenvalue weighted by Crippen LogP contribution is 2.25. The van der Waals surface area contributed by atoms with Crippen LogP contribution >= 0.6 is 27.7 Å². The van der Waals surface area contributed by atoms with Crippen molar-refractivity contribution in [3.8, 4) is 0 Å². The zero-order valence-electron chi connectivity index (χ0n) is 9.07. The van der Waals surface area contributed by atoms with Crippen LogP contribution in [0.15, 0.2) is 27.6 Å². The highest BCUT2D eigenvalue weighted by Gasteiger charge is 2.09. The van der Waals surface area contributed by atoms with E-state index < -0.39 is 5.97 Å². The molecule has 0 bridgehead atoms. The van der Waals surface area contributed by atoms with E-state index in [0.29, 0.717) is 4.47 Å². The smallest absolute Gasteiger partial charge is 0.336 e. The molecule has 0 aromatic heterocycles. The molecule has 1 N–H and O–H groups in total. The monoisotopic (exact) mass is 304 g/mol. The second kappa shape index (κ2) is 6.27. The molecule has 16 heavy (non-hydrogen) atoms. The van der Waals surface area contributed by atoms with Gasteiger partial charge in [-0.3, -0.25) is 0 Å². The molecule has 0 radical (unpaired) electrons. The number of aromatic carboxylic acids is 1. The van der Waals surface area contributed by atoms with Crippen LogP contribution in [-0.2, 0) is 4.74 Å². The summed E-state index contributed by atoms with van der Waals surface area (Å²) >= 11 is 4.79. The Morgan fingerprint density at radius 3 is 2.88 bits per heavy atom. The molecule has 0 aliphatic carbocycles. The number of carbonyl (C=O) groups is 1. The van der Waals surface area contributed by atoms with E-state index in [9.17, 15) is 4.79 Å². The van der Waals surface area contributed by atoms with Crippen LogP contribution in [0.4, 0.5) is 0 Å². The average molecular weight is 305 g/mol. The summed E-state index contributed by atoms with van der Waals surface area (Å²) in [7, 11) is 1.66. The predicted octanol–water partition coefficient (Wildman–Crippen LogP) is 3.27. The van der Waals surface area contributed by atoms with Gasteiger partial charge in [0.05, 0.1) is 11.7 Å². The summed E-state index contributed by atoms with van der Waals surface area (Å²) in [5.74, 6) is -0.119. The minimum Gasteiger partial charge on any atom is -0.478 e. The second-order valence-corrected chi connectivity index (χ2v) is 5.25. The van der Waals surface area contributed by atoms with E-state index in [1.54, 1.807) is 31.0 Å². The third kappa shape index (κ3) is 3.81. The minimum atomic E-state index is -0.922. The van der Waals surface area contributed by atoms with Crippen LogP contribution in [0.1, 0.15) is 17.3 Å². The predicted molar refractivity (Wildman–Crippen MR) is 68.3 cm³/mol.